The minimum Gasteiger partial charge on any atom is -0.423 e. The summed E-state index contributed by atoms with van der Waals surface area (Å²) in [7, 11) is -1.83. The van der Waals surface area contributed by atoms with E-state index in [4.69, 9.17) is 10.0 Å². The molecule has 66 valence electrons. The first-order valence-corrected chi connectivity index (χ1v) is 3.68. The largest absolute Gasteiger partial charge is 0.493 e. The van der Waals surface area contributed by atoms with Crippen LogP contribution in [0.2, 0.25) is 0 Å². The van der Waals surface area contributed by atoms with Gasteiger partial charge in [-0.3, -0.25) is 0 Å². The number of halogens is 1. The molecule has 0 spiro atoms. The number of hydrogen-bond acceptors (Lipinski definition) is 3. The highest BCUT2D eigenvalue weighted by Crippen LogP contribution is 2.11. The molecule has 2 rings (SSSR count). The molecular formula is C7H6BFN2O2. The van der Waals surface area contributed by atoms with Crippen LogP contribution in [-0.2, 0) is 0 Å². The van der Waals surface area contributed by atoms with E-state index in [1.54, 1.807) is 0 Å². The van der Waals surface area contributed by atoms with Gasteiger partial charge in [-0.15, -0.1) is 0 Å². The molecule has 2 heterocycles. The molecule has 0 unspecified atom stereocenters. The first-order valence-electron chi connectivity index (χ1n) is 3.68. The van der Waals surface area contributed by atoms with E-state index in [-0.39, 0.29) is 10.8 Å². The van der Waals surface area contributed by atoms with E-state index in [0.717, 1.165) is 6.20 Å². The fraction of sp³-hybridized carbons (Fsp3) is 0. The van der Waals surface area contributed by atoms with E-state index in [1.165, 1.54) is 12.3 Å². The van der Waals surface area contributed by atoms with E-state index in [9.17, 15) is 4.39 Å². The average Bonchev–Trinajstić information content (AvgIpc) is 2.52. The van der Waals surface area contributed by atoms with Crippen molar-refractivity contribution in [3.63, 3.8) is 0 Å². The molecule has 2 aromatic rings. The molecule has 0 saturated carbocycles. The van der Waals surface area contributed by atoms with Crippen LogP contribution in [0.25, 0.3) is 11.0 Å². The Morgan fingerprint density at radius 2 is 2.23 bits per heavy atom. The van der Waals surface area contributed by atoms with Crippen molar-refractivity contribution in [1.29, 1.82) is 0 Å². The van der Waals surface area contributed by atoms with Gasteiger partial charge in [-0.05, 0) is 6.07 Å². The number of rotatable bonds is 1. The Kier molecular flexibility index (Phi) is 1.79. The fourth-order valence-electron chi connectivity index (χ4n) is 1.17. The van der Waals surface area contributed by atoms with Crippen LogP contribution in [-0.4, -0.2) is 27.1 Å². The van der Waals surface area contributed by atoms with Gasteiger partial charge in [-0.25, -0.2) is 9.37 Å². The Morgan fingerprint density at radius 1 is 1.46 bits per heavy atom. The molecule has 6 heteroatoms. The predicted octanol–water partition coefficient (Wildman–Crippen LogP) is -0.618. The van der Waals surface area contributed by atoms with Crippen molar-refractivity contribution in [2.75, 3.05) is 0 Å². The first-order chi connectivity index (χ1) is 6.20. The lowest BCUT2D eigenvalue weighted by molar-refractivity contribution is 0.423. The Labute approximate surface area is 73.2 Å². The molecule has 13 heavy (non-hydrogen) atoms. The Bertz CT molecular complexity index is 443. The van der Waals surface area contributed by atoms with Crippen molar-refractivity contribution in [2.24, 2.45) is 0 Å². The van der Waals surface area contributed by atoms with Gasteiger partial charge in [0.25, 0.3) is 0 Å². The second-order valence-corrected chi connectivity index (χ2v) is 2.64. The van der Waals surface area contributed by atoms with Crippen LogP contribution in [0.1, 0.15) is 0 Å². The number of aromatic amines is 1. The van der Waals surface area contributed by atoms with Gasteiger partial charge < -0.3 is 15.0 Å². The zero-order chi connectivity index (χ0) is 9.42. The van der Waals surface area contributed by atoms with Gasteiger partial charge in [0, 0.05) is 17.9 Å². The Morgan fingerprint density at radius 3 is 2.92 bits per heavy atom. The second-order valence-electron chi connectivity index (χ2n) is 2.64. The number of fused-ring (bicyclic) bond motifs is 1. The maximum Gasteiger partial charge on any atom is 0.493 e. The fourth-order valence-corrected chi connectivity index (χ4v) is 1.17. The van der Waals surface area contributed by atoms with Crippen LogP contribution in [0.5, 0.6) is 0 Å². The third-order valence-corrected chi connectivity index (χ3v) is 1.83. The molecular weight excluding hydrogens is 174 g/mol. The van der Waals surface area contributed by atoms with Crippen LogP contribution < -0.4 is 5.46 Å². The van der Waals surface area contributed by atoms with Gasteiger partial charge in [0.05, 0.1) is 5.39 Å². The smallest absolute Gasteiger partial charge is 0.423 e. The predicted molar refractivity (Wildman–Crippen MR) is 45.9 cm³/mol. The van der Waals surface area contributed by atoms with Crippen LogP contribution in [0.15, 0.2) is 18.5 Å². The van der Waals surface area contributed by atoms with Crippen molar-refractivity contribution in [1.82, 2.24) is 9.97 Å². The summed E-state index contributed by atoms with van der Waals surface area (Å²) in [5.41, 5.74) is 0.175. The SMILES string of the molecule is OB(O)c1cnc2[nH]ccc2c1F. The quantitative estimate of drug-likeness (QED) is 0.512. The van der Waals surface area contributed by atoms with Gasteiger partial charge in [-0.1, -0.05) is 0 Å². The number of pyridine rings is 1. The van der Waals surface area contributed by atoms with Crippen molar-refractivity contribution >= 4 is 23.6 Å². The summed E-state index contributed by atoms with van der Waals surface area (Å²) in [5, 5.41) is 17.8. The lowest BCUT2D eigenvalue weighted by atomic mass is 9.81. The van der Waals surface area contributed by atoms with Crippen molar-refractivity contribution in [2.45, 2.75) is 0 Å². The third kappa shape index (κ3) is 1.20. The topological polar surface area (TPSA) is 69.1 Å². The zero-order valence-corrected chi connectivity index (χ0v) is 6.53. The van der Waals surface area contributed by atoms with E-state index < -0.39 is 12.9 Å². The minimum atomic E-state index is -1.83. The van der Waals surface area contributed by atoms with Crippen LogP contribution in [0, 0.1) is 5.82 Å². The zero-order valence-electron chi connectivity index (χ0n) is 6.53. The molecule has 0 aromatic carbocycles. The monoisotopic (exact) mass is 180 g/mol. The summed E-state index contributed by atoms with van der Waals surface area (Å²) >= 11 is 0. The van der Waals surface area contributed by atoms with Crippen LogP contribution in [0.4, 0.5) is 4.39 Å². The van der Waals surface area contributed by atoms with E-state index in [1.807, 2.05) is 0 Å². The number of H-pyrrole nitrogens is 1. The number of nitrogens with zero attached hydrogens (tertiary/aromatic N) is 1. The normalized spacial score (nSPS) is 10.7. The summed E-state index contributed by atoms with van der Waals surface area (Å²) in [6.07, 6.45) is 2.63. The highest BCUT2D eigenvalue weighted by atomic mass is 19.1. The molecule has 0 amide bonds. The highest BCUT2D eigenvalue weighted by Gasteiger charge is 2.19. The minimum absolute atomic E-state index is 0.216. The summed E-state index contributed by atoms with van der Waals surface area (Å²) < 4.78 is 13.4. The Hall–Kier alpha value is -1.40. The second kappa shape index (κ2) is 2.83. The standard InChI is InChI=1S/C7H6BFN2O2/c9-6-4-1-2-10-7(4)11-3-5(6)8(12)13/h1-3,12-13H,(H,10,11). The molecule has 0 fully saturated rings. The Balaban J connectivity index is 2.73. The van der Waals surface area contributed by atoms with Crippen molar-refractivity contribution in [3.8, 4) is 0 Å². The molecule has 3 N–H and O–H groups in total. The molecule has 0 saturated heterocycles. The lowest BCUT2D eigenvalue weighted by Gasteiger charge is -2.00. The number of aromatic nitrogens is 2. The summed E-state index contributed by atoms with van der Waals surface area (Å²) in [6.45, 7) is 0. The van der Waals surface area contributed by atoms with Crippen molar-refractivity contribution in [3.05, 3.63) is 24.3 Å². The molecule has 2 aromatic heterocycles. The van der Waals surface area contributed by atoms with E-state index >= 15 is 0 Å². The maximum absolute atomic E-state index is 13.4. The van der Waals surface area contributed by atoms with Gasteiger partial charge in [0.2, 0.25) is 0 Å². The molecule has 0 aliphatic carbocycles. The van der Waals surface area contributed by atoms with E-state index in [2.05, 4.69) is 9.97 Å². The highest BCUT2D eigenvalue weighted by molar-refractivity contribution is 6.58. The van der Waals surface area contributed by atoms with Gasteiger partial charge in [-0.2, -0.15) is 0 Å². The summed E-state index contributed by atoms with van der Waals surface area (Å²) in [4.78, 5) is 6.52. The number of hydrogen-bond donors (Lipinski definition) is 3. The van der Waals surface area contributed by atoms with Crippen molar-refractivity contribution < 1.29 is 14.4 Å². The summed E-state index contributed by atoms with van der Waals surface area (Å²) in [6, 6.07) is 1.49. The molecule has 0 radical (unpaired) electrons. The average molecular weight is 180 g/mol. The lowest BCUT2D eigenvalue weighted by Crippen LogP contribution is -2.33. The maximum atomic E-state index is 13.4. The van der Waals surface area contributed by atoms with Gasteiger partial charge >= 0.3 is 7.12 Å². The number of nitrogens with one attached hydrogen (secondary N) is 1. The summed E-state index contributed by atoms with van der Waals surface area (Å²) in [5.74, 6) is -0.652. The first kappa shape index (κ1) is 8.21. The molecule has 0 aliphatic heterocycles. The van der Waals surface area contributed by atoms with E-state index in [0.29, 0.717) is 5.65 Å². The molecule has 0 aliphatic rings. The van der Waals surface area contributed by atoms with Crippen LogP contribution >= 0.6 is 0 Å². The molecule has 0 atom stereocenters. The van der Waals surface area contributed by atoms with Gasteiger partial charge in [0.1, 0.15) is 11.5 Å². The molecule has 4 nitrogen and oxygen atoms in total. The van der Waals surface area contributed by atoms with Crippen LogP contribution in [0.3, 0.4) is 0 Å². The third-order valence-electron chi connectivity index (χ3n) is 1.83. The van der Waals surface area contributed by atoms with Gasteiger partial charge in [0.15, 0.2) is 0 Å². The molecule has 0 bridgehead atoms.